The summed E-state index contributed by atoms with van der Waals surface area (Å²) in [6.45, 7) is 3.67. The fourth-order valence-electron chi connectivity index (χ4n) is 2.25. The average Bonchev–Trinajstić information content (AvgIpc) is 2.60. The van der Waals surface area contributed by atoms with Crippen molar-refractivity contribution in [1.29, 1.82) is 0 Å². The number of anilines is 1. The first-order valence-electron chi connectivity index (χ1n) is 8.23. The Balaban J connectivity index is 1.97. The van der Waals surface area contributed by atoms with E-state index in [4.69, 9.17) is 4.74 Å². The summed E-state index contributed by atoms with van der Waals surface area (Å²) in [6, 6.07) is 10.5. The second-order valence-electron chi connectivity index (χ2n) is 5.50. The summed E-state index contributed by atoms with van der Waals surface area (Å²) >= 11 is 3.16. The third kappa shape index (κ3) is 6.24. The van der Waals surface area contributed by atoms with E-state index in [2.05, 4.69) is 26.6 Å². The Morgan fingerprint density at radius 2 is 1.92 bits per heavy atom. The van der Waals surface area contributed by atoms with Gasteiger partial charge in [0.1, 0.15) is 5.82 Å². The molecule has 0 aromatic heterocycles. The Kier molecular flexibility index (Phi) is 7.74. The number of benzene rings is 2. The summed E-state index contributed by atoms with van der Waals surface area (Å²) < 4.78 is 19.1. The fourth-order valence-corrected chi connectivity index (χ4v) is 2.71. The highest BCUT2D eigenvalue weighted by Gasteiger charge is 2.11. The van der Waals surface area contributed by atoms with Crippen molar-refractivity contribution in [2.75, 3.05) is 25.1 Å². The van der Waals surface area contributed by atoms with Crippen LogP contribution in [-0.2, 0) is 4.74 Å². The summed E-state index contributed by atoms with van der Waals surface area (Å²) in [7, 11) is 0. The zero-order chi connectivity index (χ0) is 18.9. The van der Waals surface area contributed by atoms with Gasteiger partial charge in [-0.2, -0.15) is 0 Å². The van der Waals surface area contributed by atoms with E-state index < -0.39 is 11.7 Å². The molecule has 2 aromatic carbocycles. The van der Waals surface area contributed by atoms with Crippen molar-refractivity contribution >= 4 is 33.4 Å². The van der Waals surface area contributed by atoms with Crippen molar-refractivity contribution in [1.82, 2.24) is 5.32 Å². The van der Waals surface area contributed by atoms with Crippen LogP contribution in [0.3, 0.4) is 0 Å². The minimum absolute atomic E-state index is 0.183. The Hall–Kier alpha value is -2.25. The van der Waals surface area contributed by atoms with E-state index in [1.165, 1.54) is 12.1 Å². The molecule has 26 heavy (non-hydrogen) atoms. The van der Waals surface area contributed by atoms with Gasteiger partial charge in [0.2, 0.25) is 0 Å². The van der Waals surface area contributed by atoms with Crippen LogP contribution in [0.2, 0.25) is 0 Å². The molecule has 0 spiro atoms. The minimum atomic E-state index is -0.510. The number of hydrogen-bond acceptors (Lipinski definition) is 3. The zero-order valence-corrected chi connectivity index (χ0v) is 15.9. The van der Waals surface area contributed by atoms with Gasteiger partial charge in [0.05, 0.1) is 0 Å². The summed E-state index contributed by atoms with van der Waals surface area (Å²) in [6.07, 6.45) is 0.727. The molecule has 0 fully saturated rings. The van der Waals surface area contributed by atoms with Crippen LogP contribution in [0.1, 0.15) is 34.1 Å². The topological polar surface area (TPSA) is 67.4 Å². The van der Waals surface area contributed by atoms with Crippen LogP contribution in [0.15, 0.2) is 46.9 Å². The summed E-state index contributed by atoms with van der Waals surface area (Å²) in [5.41, 5.74) is 1.07. The lowest BCUT2D eigenvalue weighted by Gasteiger charge is -2.09. The molecular formula is C19H20BrFN2O3. The van der Waals surface area contributed by atoms with E-state index in [1.54, 1.807) is 24.3 Å². The maximum Gasteiger partial charge on any atom is 0.255 e. The first-order valence-corrected chi connectivity index (χ1v) is 9.02. The largest absolute Gasteiger partial charge is 0.382 e. The van der Waals surface area contributed by atoms with Gasteiger partial charge in [0, 0.05) is 41.0 Å². The van der Waals surface area contributed by atoms with Crippen LogP contribution in [-0.4, -0.2) is 31.6 Å². The van der Waals surface area contributed by atoms with Gasteiger partial charge < -0.3 is 15.4 Å². The molecular weight excluding hydrogens is 403 g/mol. The Morgan fingerprint density at radius 3 is 2.65 bits per heavy atom. The van der Waals surface area contributed by atoms with E-state index in [1.807, 2.05) is 6.92 Å². The summed E-state index contributed by atoms with van der Waals surface area (Å²) in [4.78, 5) is 24.4. The predicted molar refractivity (Wildman–Crippen MR) is 102 cm³/mol. The molecule has 2 aromatic rings. The smallest absolute Gasteiger partial charge is 0.255 e. The monoisotopic (exact) mass is 422 g/mol. The quantitative estimate of drug-likeness (QED) is 0.631. The molecule has 0 aliphatic heterocycles. The number of ether oxygens (including phenoxy) is 1. The predicted octanol–water partition coefficient (Wildman–Crippen LogP) is 4.00. The standard InChI is InChI=1S/C19H20BrFN2O3/c1-2-26-8-4-7-22-18(24)13-5-3-6-17(11-13)23-19(25)14-9-15(20)12-16(21)10-14/h3,5-6,9-12H,2,4,7-8H2,1H3,(H,22,24)(H,23,25). The van der Waals surface area contributed by atoms with Gasteiger partial charge in [0.15, 0.2) is 0 Å². The third-order valence-electron chi connectivity index (χ3n) is 3.46. The van der Waals surface area contributed by atoms with Crippen molar-refractivity contribution in [2.24, 2.45) is 0 Å². The third-order valence-corrected chi connectivity index (χ3v) is 3.92. The lowest BCUT2D eigenvalue weighted by molar-refractivity contribution is 0.0943. The van der Waals surface area contributed by atoms with Gasteiger partial charge in [-0.15, -0.1) is 0 Å². The van der Waals surface area contributed by atoms with Crippen molar-refractivity contribution in [3.63, 3.8) is 0 Å². The highest BCUT2D eigenvalue weighted by molar-refractivity contribution is 9.10. The van der Waals surface area contributed by atoms with Crippen LogP contribution in [0.4, 0.5) is 10.1 Å². The molecule has 0 aliphatic rings. The lowest BCUT2D eigenvalue weighted by Crippen LogP contribution is -2.25. The van der Waals surface area contributed by atoms with Gasteiger partial charge in [-0.25, -0.2) is 4.39 Å². The number of nitrogens with one attached hydrogen (secondary N) is 2. The molecule has 2 rings (SSSR count). The first-order chi connectivity index (χ1) is 12.5. The molecule has 0 unspecified atom stereocenters. The molecule has 0 saturated carbocycles. The highest BCUT2D eigenvalue weighted by Crippen LogP contribution is 2.17. The van der Waals surface area contributed by atoms with Gasteiger partial charge in [-0.3, -0.25) is 9.59 Å². The van der Waals surface area contributed by atoms with Crippen molar-refractivity contribution in [2.45, 2.75) is 13.3 Å². The van der Waals surface area contributed by atoms with Gasteiger partial charge in [-0.05, 0) is 49.7 Å². The highest BCUT2D eigenvalue weighted by atomic mass is 79.9. The number of carbonyl (C=O) groups is 2. The zero-order valence-electron chi connectivity index (χ0n) is 14.4. The van der Waals surface area contributed by atoms with Crippen LogP contribution in [0.25, 0.3) is 0 Å². The minimum Gasteiger partial charge on any atom is -0.382 e. The SMILES string of the molecule is CCOCCCNC(=O)c1cccc(NC(=O)c2cc(F)cc(Br)c2)c1. The number of hydrogen-bond donors (Lipinski definition) is 2. The van der Waals surface area contributed by atoms with Crippen LogP contribution < -0.4 is 10.6 Å². The molecule has 2 amide bonds. The number of rotatable bonds is 8. The maximum absolute atomic E-state index is 13.4. The molecule has 0 atom stereocenters. The summed E-state index contributed by atoms with van der Waals surface area (Å²) in [5, 5.41) is 5.46. The van der Waals surface area contributed by atoms with E-state index in [-0.39, 0.29) is 11.5 Å². The van der Waals surface area contributed by atoms with Crippen LogP contribution in [0.5, 0.6) is 0 Å². The van der Waals surface area contributed by atoms with Crippen molar-refractivity contribution in [3.8, 4) is 0 Å². The average molecular weight is 423 g/mol. The van der Waals surface area contributed by atoms with Crippen molar-refractivity contribution < 1.29 is 18.7 Å². The molecule has 0 bridgehead atoms. The van der Waals surface area contributed by atoms with E-state index in [0.29, 0.717) is 35.5 Å². The molecule has 138 valence electrons. The van der Waals surface area contributed by atoms with Crippen molar-refractivity contribution in [3.05, 3.63) is 63.9 Å². The number of amides is 2. The first kappa shape index (κ1) is 20.1. The molecule has 2 N–H and O–H groups in total. The van der Waals surface area contributed by atoms with Gasteiger partial charge >= 0.3 is 0 Å². The van der Waals surface area contributed by atoms with Gasteiger partial charge in [0.25, 0.3) is 11.8 Å². The van der Waals surface area contributed by atoms with E-state index in [9.17, 15) is 14.0 Å². The molecule has 0 radical (unpaired) electrons. The summed E-state index contributed by atoms with van der Waals surface area (Å²) in [5.74, 6) is -1.20. The normalized spacial score (nSPS) is 10.4. The fraction of sp³-hybridized carbons (Fsp3) is 0.263. The molecule has 0 heterocycles. The number of halogens is 2. The second kappa shape index (κ2) is 10.0. The second-order valence-corrected chi connectivity index (χ2v) is 6.42. The molecule has 7 heteroatoms. The molecule has 0 saturated heterocycles. The maximum atomic E-state index is 13.4. The number of carbonyl (C=O) groups excluding carboxylic acids is 2. The Bertz CT molecular complexity index is 763. The van der Waals surface area contributed by atoms with Crippen LogP contribution in [0, 0.1) is 5.82 Å². The Labute approximate surface area is 160 Å². The van der Waals surface area contributed by atoms with Crippen LogP contribution >= 0.6 is 15.9 Å². The van der Waals surface area contributed by atoms with E-state index >= 15 is 0 Å². The molecule has 0 aliphatic carbocycles. The lowest BCUT2D eigenvalue weighted by atomic mass is 10.1. The molecule has 5 nitrogen and oxygen atoms in total. The Morgan fingerprint density at radius 1 is 1.12 bits per heavy atom. The van der Waals surface area contributed by atoms with E-state index in [0.717, 1.165) is 12.5 Å². The van der Waals surface area contributed by atoms with Gasteiger partial charge in [-0.1, -0.05) is 22.0 Å².